The van der Waals surface area contributed by atoms with Crippen molar-refractivity contribution in [1.82, 2.24) is 14.5 Å². The third kappa shape index (κ3) is 4.71. The summed E-state index contributed by atoms with van der Waals surface area (Å²) in [5, 5.41) is 6.35. The lowest BCUT2D eigenvalue weighted by atomic mass is 10.3. The molecule has 0 saturated carbocycles. The Morgan fingerprint density at radius 3 is 2.52 bits per heavy atom. The van der Waals surface area contributed by atoms with Gasteiger partial charge in [-0.3, -0.25) is 4.79 Å². The molecule has 11 heteroatoms. The molecular formula is C16H12Cl3N3O3S2. The molecule has 2 aromatic heterocycles. The summed E-state index contributed by atoms with van der Waals surface area (Å²) in [6.07, 6.45) is 0. The van der Waals surface area contributed by atoms with Crippen molar-refractivity contribution in [1.29, 1.82) is 0 Å². The summed E-state index contributed by atoms with van der Waals surface area (Å²) >= 11 is 19.1. The van der Waals surface area contributed by atoms with Gasteiger partial charge >= 0.3 is 0 Å². The van der Waals surface area contributed by atoms with E-state index in [2.05, 4.69) is 9.82 Å². The highest BCUT2D eigenvalue weighted by molar-refractivity contribution is 7.89. The summed E-state index contributed by atoms with van der Waals surface area (Å²) in [5.41, 5.74) is 0.307. The Hall–Kier alpha value is -1.42. The summed E-state index contributed by atoms with van der Waals surface area (Å²) in [6, 6.07) is 9.23. The minimum atomic E-state index is -3.93. The zero-order valence-corrected chi connectivity index (χ0v) is 17.4. The Kier molecular flexibility index (Phi) is 6.25. The second-order valence-electron chi connectivity index (χ2n) is 5.35. The molecule has 0 spiro atoms. The van der Waals surface area contributed by atoms with Crippen LogP contribution in [0.2, 0.25) is 15.1 Å². The van der Waals surface area contributed by atoms with E-state index in [9.17, 15) is 13.2 Å². The SMILES string of the molecule is O=c1ccc(-c2cccs2)nn1CCNS(=O)(=O)c1cc(Cl)c(Cl)cc1Cl. The van der Waals surface area contributed by atoms with E-state index in [0.29, 0.717) is 5.69 Å². The van der Waals surface area contributed by atoms with Crippen molar-refractivity contribution in [3.8, 4) is 10.6 Å². The highest BCUT2D eigenvalue weighted by Gasteiger charge is 2.19. The van der Waals surface area contributed by atoms with Gasteiger partial charge in [-0.2, -0.15) is 5.10 Å². The molecule has 142 valence electrons. The minimum absolute atomic E-state index is 0.0492. The van der Waals surface area contributed by atoms with E-state index in [0.717, 1.165) is 4.88 Å². The van der Waals surface area contributed by atoms with Crippen LogP contribution in [-0.4, -0.2) is 24.7 Å². The molecule has 0 radical (unpaired) electrons. The summed E-state index contributed by atoms with van der Waals surface area (Å²) in [4.78, 5) is 12.7. The number of benzene rings is 1. The van der Waals surface area contributed by atoms with E-state index >= 15 is 0 Å². The molecule has 0 aliphatic carbocycles. The lowest BCUT2D eigenvalue weighted by Crippen LogP contribution is -2.32. The summed E-state index contributed by atoms with van der Waals surface area (Å²) in [7, 11) is -3.93. The molecule has 3 rings (SSSR count). The molecule has 1 aromatic carbocycles. The first-order valence-electron chi connectivity index (χ1n) is 7.54. The predicted molar refractivity (Wildman–Crippen MR) is 108 cm³/mol. The average molecular weight is 465 g/mol. The van der Waals surface area contributed by atoms with Crippen molar-refractivity contribution in [3.05, 3.63) is 67.2 Å². The van der Waals surface area contributed by atoms with Gasteiger partial charge in [-0.05, 0) is 29.6 Å². The van der Waals surface area contributed by atoms with Crippen molar-refractivity contribution < 1.29 is 8.42 Å². The Morgan fingerprint density at radius 2 is 1.81 bits per heavy atom. The molecule has 6 nitrogen and oxygen atoms in total. The molecule has 0 atom stereocenters. The molecule has 0 aliphatic heterocycles. The smallest absolute Gasteiger partial charge is 0.266 e. The standard InChI is InChI=1S/C16H12Cl3N3O3S2/c17-10-8-12(19)15(9-11(10)18)27(24,25)20-5-6-22-16(23)4-3-13(21-22)14-2-1-7-26-14/h1-4,7-9,20H,5-6H2. The van der Waals surface area contributed by atoms with E-state index in [-0.39, 0.29) is 38.6 Å². The van der Waals surface area contributed by atoms with Gasteiger partial charge in [-0.1, -0.05) is 40.9 Å². The van der Waals surface area contributed by atoms with Gasteiger partial charge in [0.05, 0.1) is 26.5 Å². The van der Waals surface area contributed by atoms with Gasteiger partial charge in [0.1, 0.15) is 10.6 Å². The summed E-state index contributed by atoms with van der Waals surface area (Å²) in [6.45, 7) is -0.00404. The number of nitrogens with zero attached hydrogens (tertiary/aromatic N) is 2. The van der Waals surface area contributed by atoms with Crippen LogP contribution in [0.15, 0.2) is 51.5 Å². The fourth-order valence-electron chi connectivity index (χ4n) is 2.24. The monoisotopic (exact) mass is 463 g/mol. The maximum absolute atomic E-state index is 12.4. The minimum Gasteiger partial charge on any atom is -0.268 e. The molecule has 0 fully saturated rings. The van der Waals surface area contributed by atoms with Gasteiger partial charge < -0.3 is 0 Å². The zero-order valence-electron chi connectivity index (χ0n) is 13.5. The largest absolute Gasteiger partial charge is 0.268 e. The van der Waals surface area contributed by atoms with Crippen molar-refractivity contribution >= 4 is 56.2 Å². The van der Waals surface area contributed by atoms with Gasteiger partial charge in [0.25, 0.3) is 5.56 Å². The maximum Gasteiger partial charge on any atom is 0.266 e. The lowest BCUT2D eigenvalue weighted by Gasteiger charge is -2.10. The summed E-state index contributed by atoms with van der Waals surface area (Å²) < 4.78 is 28.5. The quantitative estimate of drug-likeness (QED) is 0.561. The number of thiophene rings is 1. The van der Waals surface area contributed by atoms with Crippen LogP contribution < -0.4 is 10.3 Å². The molecule has 1 N–H and O–H groups in total. The first-order chi connectivity index (χ1) is 12.8. The van der Waals surface area contributed by atoms with Crippen molar-refractivity contribution in [2.75, 3.05) is 6.54 Å². The van der Waals surface area contributed by atoms with E-state index in [1.807, 2.05) is 17.5 Å². The molecule has 0 bridgehead atoms. The van der Waals surface area contributed by atoms with Crippen LogP contribution in [-0.2, 0) is 16.6 Å². The van der Waals surface area contributed by atoms with Crippen LogP contribution in [0.3, 0.4) is 0 Å². The molecule has 2 heterocycles. The molecular weight excluding hydrogens is 453 g/mol. The van der Waals surface area contributed by atoms with E-state index in [1.54, 1.807) is 6.07 Å². The molecule has 3 aromatic rings. The number of halogens is 3. The summed E-state index contributed by atoms with van der Waals surface area (Å²) in [5.74, 6) is 0. The number of aromatic nitrogens is 2. The number of hydrogen-bond acceptors (Lipinski definition) is 5. The van der Waals surface area contributed by atoms with Crippen LogP contribution in [0, 0.1) is 0 Å². The fraction of sp³-hybridized carbons (Fsp3) is 0.125. The van der Waals surface area contributed by atoms with Gasteiger partial charge in [0.2, 0.25) is 10.0 Å². The first kappa shape index (κ1) is 20.3. The number of nitrogens with one attached hydrogen (secondary N) is 1. The van der Waals surface area contributed by atoms with Gasteiger partial charge in [-0.25, -0.2) is 17.8 Å². The van der Waals surface area contributed by atoms with Gasteiger partial charge in [0.15, 0.2) is 0 Å². The second kappa shape index (κ2) is 8.30. The highest BCUT2D eigenvalue weighted by atomic mass is 35.5. The third-order valence-electron chi connectivity index (χ3n) is 3.52. The maximum atomic E-state index is 12.4. The zero-order chi connectivity index (χ0) is 19.6. The Bertz CT molecular complexity index is 1130. The Labute approximate surface area is 174 Å². The van der Waals surface area contributed by atoms with Crippen LogP contribution >= 0.6 is 46.1 Å². The van der Waals surface area contributed by atoms with E-state index < -0.39 is 10.0 Å². The molecule has 0 saturated heterocycles. The first-order valence-corrected chi connectivity index (χ1v) is 11.0. The Balaban J connectivity index is 1.75. The number of rotatable bonds is 6. The topological polar surface area (TPSA) is 81.1 Å². The molecule has 27 heavy (non-hydrogen) atoms. The van der Waals surface area contributed by atoms with Gasteiger partial charge in [-0.15, -0.1) is 11.3 Å². The van der Waals surface area contributed by atoms with Gasteiger partial charge in [0, 0.05) is 12.6 Å². The highest BCUT2D eigenvalue weighted by Crippen LogP contribution is 2.31. The number of sulfonamides is 1. The molecule has 0 aliphatic rings. The molecule has 0 unspecified atom stereocenters. The predicted octanol–water partition coefficient (Wildman–Crippen LogP) is 3.91. The van der Waals surface area contributed by atoms with Crippen LogP contribution in [0.25, 0.3) is 10.6 Å². The third-order valence-corrected chi connectivity index (χ3v) is 7.06. The number of hydrogen-bond donors (Lipinski definition) is 1. The van der Waals surface area contributed by atoms with Crippen LogP contribution in [0.1, 0.15) is 0 Å². The molecule has 0 amide bonds. The second-order valence-corrected chi connectivity index (χ2v) is 9.26. The van der Waals surface area contributed by atoms with Crippen LogP contribution in [0.5, 0.6) is 0 Å². The average Bonchev–Trinajstić information content (AvgIpc) is 3.14. The fourth-order valence-corrected chi connectivity index (χ4v) is 4.95. The van der Waals surface area contributed by atoms with Crippen LogP contribution in [0.4, 0.5) is 0 Å². The van der Waals surface area contributed by atoms with Crippen molar-refractivity contribution in [2.45, 2.75) is 11.4 Å². The normalized spacial score (nSPS) is 11.7. The van der Waals surface area contributed by atoms with E-state index in [4.69, 9.17) is 34.8 Å². The lowest BCUT2D eigenvalue weighted by molar-refractivity contribution is 0.549. The van der Waals surface area contributed by atoms with Crippen molar-refractivity contribution in [2.24, 2.45) is 0 Å². The van der Waals surface area contributed by atoms with E-state index in [1.165, 1.54) is 34.2 Å². The Morgan fingerprint density at radius 1 is 1.07 bits per heavy atom. The van der Waals surface area contributed by atoms with Crippen molar-refractivity contribution in [3.63, 3.8) is 0 Å².